The van der Waals surface area contributed by atoms with Crippen molar-refractivity contribution in [3.63, 3.8) is 0 Å². The number of rotatable bonds is 74. The van der Waals surface area contributed by atoms with Gasteiger partial charge in [-0.1, -0.05) is 418 Å². The molecule has 0 aromatic carbocycles. The van der Waals surface area contributed by atoms with Crippen LogP contribution in [0.3, 0.4) is 0 Å². The third-order valence-corrected chi connectivity index (χ3v) is 18.6. The SMILES string of the molecule is CCCCCCCCCCCCCCCCCCC/C=C/C(O)C(CO)NC(=O)CCCCCCCCCCCCCCCCCCCCCCCCCCCCCCCCCCCOC(=O)CCCCCCCCCCCCCCCCC. The lowest BCUT2D eigenvalue weighted by atomic mass is 10.0. The summed E-state index contributed by atoms with van der Waals surface area (Å²) in [6, 6.07) is -0.624. The molecule has 2 unspecified atom stereocenters. The van der Waals surface area contributed by atoms with Crippen LogP contribution in [0, 0.1) is 0 Å². The van der Waals surface area contributed by atoms with Crippen LogP contribution < -0.4 is 5.32 Å². The van der Waals surface area contributed by atoms with Gasteiger partial charge in [0.1, 0.15) is 0 Å². The molecule has 500 valence electrons. The Hall–Kier alpha value is -1.40. The van der Waals surface area contributed by atoms with Crippen molar-refractivity contribution in [3.05, 3.63) is 12.2 Å². The van der Waals surface area contributed by atoms with Gasteiger partial charge in [-0.15, -0.1) is 0 Å². The van der Waals surface area contributed by atoms with E-state index in [4.69, 9.17) is 4.74 Å². The molecular formula is C78H153NO5. The molecule has 0 saturated carbocycles. The van der Waals surface area contributed by atoms with Gasteiger partial charge in [-0.25, -0.2) is 0 Å². The minimum atomic E-state index is -0.841. The molecule has 0 spiro atoms. The molecular weight excluding hydrogens is 1030 g/mol. The first kappa shape index (κ1) is 82.6. The zero-order chi connectivity index (χ0) is 60.6. The number of nitrogens with one attached hydrogen (secondary N) is 1. The van der Waals surface area contributed by atoms with Gasteiger partial charge in [0, 0.05) is 12.8 Å². The third-order valence-electron chi connectivity index (χ3n) is 18.6. The minimum Gasteiger partial charge on any atom is -0.466 e. The fourth-order valence-corrected chi connectivity index (χ4v) is 12.6. The van der Waals surface area contributed by atoms with Gasteiger partial charge >= 0.3 is 5.97 Å². The number of carbonyl (C=O) groups excluding carboxylic acids is 2. The van der Waals surface area contributed by atoms with Crippen LogP contribution in [0.15, 0.2) is 12.2 Å². The standard InChI is InChI=1S/C78H153NO5/c1-3-5-7-9-11-13-15-17-19-20-36-39-43-46-50-54-58-62-66-70-76(81)75(74-80)79-77(82)71-67-63-59-55-51-47-44-40-37-34-32-30-28-26-24-22-21-23-25-27-29-31-33-35-38-41-45-49-53-57-61-65-69-73-84-78(83)72-68-64-60-56-52-48-42-18-16-14-12-10-8-6-4-2/h66,70,75-76,80-81H,3-65,67-69,71-74H2,1-2H3,(H,79,82)/b70-66+. The van der Waals surface area contributed by atoms with Gasteiger partial charge < -0.3 is 20.3 Å². The maximum Gasteiger partial charge on any atom is 0.305 e. The van der Waals surface area contributed by atoms with E-state index in [-0.39, 0.29) is 18.5 Å². The number of hydrogen-bond acceptors (Lipinski definition) is 5. The van der Waals surface area contributed by atoms with E-state index in [1.54, 1.807) is 6.08 Å². The molecule has 0 heterocycles. The summed E-state index contributed by atoms with van der Waals surface area (Å²) in [5.74, 6) is -0.0330. The van der Waals surface area contributed by atoms with Crippen LogP contribution in [0.25, 0.3) is 0 Å². The van der Waals surface area contributed by atoms with E-state index < -0.39 is 12.1 Å². The fraction of sp³-hybridized carbons (Fsp3) is 0.949. The molecule has 0 rings (SSSR count). The Bertz CT molecular complexity index is 1270. The van der Waals surface area contributed by atoms with E-state index in [0.29, 0.717) is 19.4 Å². The van der Waals surface area contributed by atoms with E-state index >= 15 is 0 Å². The second kappa shape index (κ2) is 74.1. The second-order valence-corrected chi connectivity index (χ2v) is 27.1. The summed E-state index contributed by atoms with van der Waals surface area (Å²) in [5.41, 5.74) is 0. The van der Waals surface area contributed by atoms with Crippen molar-refractivity contribution in [1.82, 2.24) is 5.32 Å². The number of allylic oxidation sites excluding steroid dienone is 1. The molecule has 3 N–H and O–H groups in total. The first-order chi connectivity index (χ1) is 41.5. The van der Waals surface area contributed by atoms with Gasteiger partial charge in [-0.05, 0) is 32.1 Å². The van der Waals surface area contributed by atoms with Crippen molar-refractivity contribution < 1.29 is 24.5 Å². The first-order valence-corrected chi connectivity index (χ1v) is 39.0. The van der Waals surface area contributed by atoms with Crippen molar-refractivity contribution >= 4 is 11.9 Å². The van der Waals surface area contributed by atoms with E-state index in [9.17, 15) is 19.8 Å². The molecule has 84 heavy (non-hydrogen) atoms. The third kappa shape index (κ3) is 69.7. The lowest BCUT2D eigenvalue weighted by molar-refractivity contribution is -0.143. The van der Waals surface area contributed by atoms with Gasteiger partial charge in [0.15, 0.2) is 0 Å². The summed E-state index contributed by atoms with van der Waals surface area (Å²) in [6.07, 6.45) is 93.3. The molecule has 0 aromatic heterocycles. The summed E-state index contributed by atoms with van der Waals surface area (Å²) in [7, 11) is 0. The monoisotopic (exact) mass is 1180 g/mol. The summed E-state index contributed by atoms with van der Waals surface area (Å²) < 4.78 is 5.51. The van der Waals surface area contributed by atoms with Gasteiger partial charge in [0.05, 0.1) is 25.4 Å². The highest BCUT2D eigenvalue weighted by molar-refractivity contribution is 5.76. The molecule has 0 bridgehead atoms. The molecule has 0 aliphatic carbocycles. The van der Waals surface area contributed by atoms with Gasteiger partial charge in [-0.2, -0.15) is 0 Å². The normalized spacial score (nSPS) is 12.5. The van der Waals surface area contributed by atoms with Crippen LogP contribution in [-0.2, 0) is 14.3 Å². The summed E-state index contributed by atoms with van der Waals surface area (Å²) in [6.45, 7) is 4.96. The van der Waals surface area contributed by atoms with Crippen LogP contribution in [0.5, 0.6) is 0 Å². The predicted molar refractivity (Wildman–Crippen MR) is 370 cm³/mol. The van der Waals surface area contributed by atoms with Crippen LogP contribution >= 0.6 is 0 Å². The molecule has 0 aliphatic rings. The number of aliphatic hydroxyl groups excluding tert-OH is 2. The molecule has 0 aliphatic heterocycles. The summed E-state index contributed by atoms with van der Waals surface area (Å²) in [5, 5.41) is 23.3. The molecule has 0 radical (unpaired) electrons. The summed E-state index contributed by atoms with van der Waals surface area (Å²) >= 11 is 0. The maximum atomic E-state index is 12.5. The van der Waals surface area contributed by atoms with Crippen LogP contribution in [-0.4, -0.2) is 47.4 Å². The zero-order valence-electron chi connectivity index (χ0n) is 57.4. The van der Waals surface area contributed by atoms with Crippen molar-refractivity contribution in [3.8, 4) is 0 Å². The predicted octanol–water partition coefficient (Wildman–Crippen LogP) is 25.5. The smallest absolute Gasteiger partial charge is 0.305 e. The molecule has 0 fully saturated rings. The average molecular weight is 1190 g/mol. The number of esters is 1. The highest BCUT2D eigenvalue weighted by atomic mass is 16.5. The quantitative estimate of drug-likeness (QED) is 0.0320. The molecule has 0 aromatic rings. The van der Waals surface area contributed by atoms with E-state index in [1.165, 1.54) is 385 Å². The Morgan fingerprint density at radius 3 is 0.810 bits per heavy atom. The van der Waals surface area contributed by atoms with E-state index in [0.717, 1.165) is 38.5 Å². The minimum absolute atomic E-state index is 0.0255. The fourth-order valence-electron chi connectivity index (χ4n) is 12.6. The van der Waals surface area contributed by atoms with Gasteiger partial charge in [-0.3, -0.25) is 9.59 Å². The van der Waals surface area contributed by atoms with Crippen LogP contribution in [0.4, 0.5) is 0 Å². The molecule has 6 nitrogen and oxygen atoms in total. The number of carbonyl (C=O) groups is 2. The Labute approximate surface area is 527 Å². The Morgan fingerprint density at radius 1 is 0.321 bits per heavy atom. The molecule has 6 heteroatoms. The highest BCUT2D eigenvalue weighted by Gasteiger charge is 2.18. The molecule has 0 saturated heterocycles. The maximum absolute atomic E-state index is 12.5. The largest absolute Gasteiger partial charge is 0.466 e. The van der Waals surface area contributed by atoms with E-state index in [1.807, 2.05) is 6.08 Å². The van der Waals surface area contributed by atoms with Crippen LogP contribution in [0.1, 0.15) is 450 Å². The molecule has 2 atom stereocenters. The average Bonchev–Trinajstić information content (AvgIpc) is 3.52. The Morgan fingerprint density at radius 2 is 0.548 bits per heavy atom. The summed E-state index contributed by atoms with van der Waals surface area (Å²) in [4.78, 5) is 24.6. The van der Waals surface area contributed by atoms with Crippen molar-refractivity contribution in [2.75, 3.05) is 13.2 Å². The van der Waals surface area contributed by atoms with E-state index in [2.05, 4.69) is 19.2 Å². The van der Waals surface area contributed by atoms with Crippen LogP contribution in [0.2, 0.25) is 0 Å². The number of hydrogen-bond donors (Lipinski definition) is 3. The van der Waals surface area contributed by atoms with Crippen molar-refractivity contribution in [2.45, 2.75) is 463 Å². The van der Waals surface area contributed by atoms with Crippen molar-refractivity contribution in [1.29, 1.82) is 0 Å². The number of aliphatic hydroxyl groups is 2. The zero-order valence-corrected chi connectivity index (χ0v) is 57.4. The lowest BCUT2D eigenvalue weighted by Crippen LogP contribution is -2.45. The lowest BCUT2D eigenvalue weighted by Gasteiger charge is -2.20. The molecule has 1 amide bonds. The highest BCUT2D eigenvalue weighted by Crippen LogP contribution is 2.20. The van der Waals surface area contributed by atoms with Gasteiger partial charge in [0.25, 0.3) is 0 Å². The Balaban J connectivity index is 3.32. The number of amides is 1. The van der Waals surface area contributed by atoms with Gasteiger partial charge in [0.2, 0.25) is 5.91 Å². The second-order valence-electron chi connectivity index (χ2n) is 27.1. The number of ether oxygens (including phenoxy) is 1. The number of unbranched alkanes of at least 4 members (excludes halogenated alkanes) is 63. The first-order valence-electron chi connectivity index (χ1n) is 39.0. The Kier molecular flexibility index (Phi) is 72.8. The topological polar surface area (TPSA) is 95.9 Å². The van der Waals surface area contributed by atoms with Crippen molar-refractivity contribution in [2.24, 2.45) is 0 Å².